The minimum Gasteiger partial charge on any atom is -0.494 e. The molecule has 0 bridgehead atoms. The van der Waals surface area contributed by atoms with Crippen LogP contribution in [0.15, 0.2) is 52.2 Å². The first kappa shape index (κ1) is 15.8. The number of amides is 1. The first-order valence-corrected chi connectivity index (χ1v) is 7.34. The van der Waals surface area contributed by atoms with Gasteiger partial charge in [0.2, 0.25) is 5.91 Å². The minimum atomic E-state index is -0.165. The zero-order valence-corrected chi connectivity index (χ0v) is 12.8. The van der Waals surface area contributed by atoms with E-state index >= 15 is 0 Å². The number of nitrogens with zero attached hydrogens (tertiary/aromatic N) is 1. The summed E-state index contributed by atoms with van der Waals surface area (Å²) < 4.78 is 10.6. The molecule has 2 aromatic rings. The SMILES string of the molecule is CCOc1ccc(CC(=O)N/N=C(/CC)c2ccco2)cc1. The van der Waals surface area contributed by atoms with E-state index < -0.39 is 0 Å². The highest BCUT2D eigenvalue weighted by Crippen LogP contribution is 2.12. The highest BCUT2D eigenvalue weighted by atomic mass is 16.5. The first-order valence-electron chi connectivity index (χ1n) is 7.34. The molecule has 0 saturated heterocycles. The quantitative estimate of drug-likeness (QED) is 0.631. The highest BCUT2D eigenvalue weighted by molar-refractivity contribution is 5.98. The fourth-order valence-corrected chi connectivity index (χ4v) is 1.98. The third-order valence-corrected chi connectivity index (χ3v) is 3.06. The second-order valence-electron chi connectivity index (χ2n) is 4.68. The average molecular weight is 300 g/mol. The summed E-state index contributed by atoms with van der Waals surface area (Å²) in [4.78, 5) is 11.9. The Morgan fingerprint density at radius 1 is 1.23 bits per heavy atom. The van der Waals surface area contributed by atoms with Crippen molar-refractivity contribution in [1.29, 1.82) is 0 Å². The second kappa shape index (κ2) is 8.02. The molecule has 0 spiro atoms. The van der Waals surface area contributed by atoms with Crippen molar-refractivity contribution in [2.24, 2.45) is 5.10 Å². The molecule has 0 aliphatic carbocycles. The number of hydrogen-bond acceptors (Lipinski definition) is 4. The van der Waals surface area contributed by atoms with E-state index in [1.165, 1.54) is 0 Å². The molecular weight excluding hydrogens is 280 g/mol. The number of nitrogens with one attached hydrogen (secondary N) is 1. The maximum absolute atomic E-state index is 11.9. The number of carbonyl (C=O) groups is 1. The summed E-state index contributed by atoms with van der Waals surface area (Å²) in [6, 6.07) is 11.1. The van der Waals surface area contributed by atoms with Gasteiger partial charge in [0.25, 0.3) is 0 Å². The van der Waals surface area contributed by atoms with E-state index in [0.717, 1.165) is 11.3 Å². The van der Waals surface area contributed by atoms with E-state index in [1.807, 2.05) is 44.2 Å². The smallest absolute Gasteiger partial charge is 0.244 e. The third-order valence-electron chi connectivity index (χ3n) is 3.06. The van der Waals surface area contributed by atoms with Gasteiger partial charge in [-0.3, -0.25) is 4.79 Å². The number of hydrogen-bond donors (Lipinski definition) is 1. The Labute approximate surface area is 130 Å². The molecule has 5 nitrogen and oxygen atoms in total. The van der Waals surface area contributed by atoms with Crippen LogP contribution in [0.1, 0.15) is 31.6 Å². The lowest BCUT2D eigenvalue weighted by Crippen LogP contribution is -2.21. The van der Waals surface area contributed by atoms with Gasteiger partial charge in [0.15, 0.2) is 0 Å². The highest BCUT2D eigenvalue weighted by Gasteiger charge is 2.07. The van der Waals surface area contributed by atoms with Crippen LogP contribution in [-0.4, -0.2) is 18.2 Å². The van der Waals surface area contributed by atoms with E-state index in [1.54, 1.807) is 12.3 Å². The van der Waals surface area contributed by atoms with E-state index in [-0.39, 0.29) is 12.3 Å². The Balaban J connectivity index is 1.92. The molecule has 22 heavy (non-hydrogen) atoms. The van der Waals surface area contributed by atoms with Crippen LogP contribution in [0, 0.1) is 0 Å². The van der Waals surface area contributed by atoms with Gasteiger partial charge < -0.3 is 9.15 Å². The molecule has 1 amide bonds. The van der Waals surface area contributed by atoms with E-state index in [2.05, 4.69) is 10.5 Å². The topological polar surface area (TPSA) is 63.8 Å². The number of ether oxygens (including phenoxy) is 1. The van der Waals surface area contributed by atoms with Crippen LogP contribution < -0.4 is 10.2 Å². The average Bonchev–Trinajstić information content (AvgIpc) is 3.04. The molecule has 0 aliphatic rings. The minimum absolute atomic E-state index is 0.165. The maximum Gasteiger partial charge on any atom is 0.244 e. The van der Waals surface area contributed by atoms with Crippen LogP contribution in [-0.2, 0) is 11.2 Å². The normalized spacial score (nSPS) is 11.3. The molecule has 5 heteroatoms. The zero-order chi connectivity index (χ0) is 15.8. The fourth-order valence-electron chi connectivity index (χ4n) is 1.98. The summed E-state index contributed by atoms with van der Waals surface area (Å²) in [5.74, 6) is 1.31. The number of rotatable bonds is 7. The number of hydrazone groups is 1. The summed E-state index contributed by atoms with van der Waals surface area (Å²) >= 11 is 0. The molecule has 1 aromatic carbocycles. The molecule has 0 aliphatic heterocycles. The van der Waals surface area contributed by atoms with Gasteiger partial charge >= 0.3 is 0 Å². The molecule has 0 radical (unpaired) electrons. The van der Waals surface area contributed by atoms with Gasteiger partial charge in [0.1, 0.15) is 17.2 Å². The van der Waals surface area contributed by atoms with Gasteiger partial charge in [-0.1, -0.05) is 19.1 Å². The van der Waals surface area contributed by atoms with Crippen LogP contribution in [0.4, 0.5) is 0 Å². The summed E-state index contributed by atoms with van der Waals surface area (Å²) in [7, 11) is 0. The largest absolute Gasteiger partial charge is 0.494 e. The Morgan fingerprint density at radius 3 is 2.59 bits per heavy atom. The predicted molar refractivity (Wildman–Crippen MR) is 85.0 cm³/mol. The summed E-state index contributed by atoms with van der Waals surface area (Å²) in [5.41, 5.74) is 4.19. The van der Waals surface area contributed by atoms with Crippen LogP contribution in [0.25, 0.3) is 0 Å². The van der Waals surface area contributed by atoms with E-state index in [0.29, 0.717) is 24.5 Å². The van der Waals surface area contributed by atoms with E-state index in [9.17, 15) is 4.79 Å². The van der Waals surface area contributed by atoms with Crippen LogP contribution in [0.2, 0.25) is 0 Å². The van der Waals surface area contributed by atoms with Crippen molar-refractivity contribution in [3.8, 4) is 5.75 Å². The van der Waals surface area contributed by atoms with Gasteiger partial charge in [-0.25, -0.2) is 5.43 Å². The van der Waals surface area contributed by atoms with Crippen LogP contribution in [0.3, 0.4) is 0 Å². The number of furan rings is 1. The number of benzene rings is 1. The van der Waals surface area contributed by atoms with Crippen molar-refractivity contribution in [1.82, 2.24) is 5.43 Å². The van der Waals surface area contributed by atoms with Gasteiger partial charge in [-0.05, 0) is 43.2 Å². The van der Waals surface area contributed by atoms with Gasteiger partial charge in [-0.2, -0.15) is 5.10 Å². The monoisotopic (exact) mass is 300 g/mol. The molecule has 1 N–H and O–H groups in total. The van der Waals surface area contributed by atoms with Crippen molar-refractivity contribution < 1.29 is 13.9 Å². The third kappa shape index (κ3) is 4.48. The van der Waals surface area contributed by atoms with Gasteiger partial charge in [-0.15, -0.1) is 0 Å². The Morgan fingerprint density at radius 2 is 2.00 bits per heavy atom. The fraction of sp³-hybridized carbons (Fsp3) is 0.294. The molecule has 0 fully saturated rings. The summed E-state index contributed by atoms with van der Waals surface area (Å²) in [6.45, 7) is 4.52. The molecule has 0 saturated carbocycles. The van der Waals surface area contributed by atoms with Crippen molar-refractivity contribution in [3.63, 3.8) is 0 Å². The molecule has 1 heterocycles. The van der Waals surface area contributed by atoms with Crippen molar-refractivity contribution >= 4 is 11.6 Å². The van der Waals surface area contributed by atoms with Crippen molar-refractivity contribution in [3.05, 3.63) is 54.0 Å². The maximum atomic E-state index is 11.9. The molecule has 0 unspecified atom stereocenters. The standard InChI is InChI=1S/C17H20N2O3/c1-3-15(16-6-5-11-22-16)18-19-17(20)12-13-7-9-14(10-8-13)21-4-2/h5-11H,3-4,12H2,1-2H3,(H,19,20)/b18-15-. The van der Waals surface area contributed by atoms with Crippen LogP contribution >= 0.6 is 0 Å². The zero-order valence-electron chi connectivity index (χ0n) is 12.8. The molecular formula is C17H20N2O3. The molecule has 2 rings (SSSR count). The van der Waals surface area contributed by atoms with Gasteiger partial charge in [0.05, 0.1) is 19.3 Å². The first-order chi connectivity index (χ1) is 10.7. The van der Waals surface area contributed by atoms with Crippen LogP contribution in [0.5, 0.6) is 5.75 Å². The Kier molecular flexibility index (Phi) is 5.77. The van der Waals surface area contributed by atoms with E-state index in [4.69, 9.17) is 9.15 Å². The van der Waals surface area contributed by atoms with Crippen molar-refractivity contribution in [2.45, 2.75) is 26.7 Å². The Hall–Kier alpha value is -2.56. The lowest BCUT2D eigenvalue weighted by atomic mass is 10.1. The summed E-state index contributed by atoms with van der Waals surface area (Å²) in [6.07, 6.45) is 2.53. The number of carbonyl (C=O) groups excluding carboxylic acids is 1. The summed E-state index contributed by atoms with van der Waals surface area (Å²) in [5, 5.41) is 4.13. The lowest BCUT2D eigenvalue weighted by Gasteiger charge is -2.05. The Bertz CT molecular complexity index is 616. The lowest BCUT2D eigenvalue weighted by molar-refractivity contribution is -0.120. The molecule has 116 valence electrons. The molecule has 0 atom stereocenters. The second-order valence-corrected chi connectivity index (χ2v) is 4.68. The predicted octanol–water partition coefficient (Wildman–Crippen LogP) is 3.15. The van der Waals surface area contributed by atoms with Crippen molar-refractivity contribution in [2.75, 3.05) is 6.61 Å². The molecule has 1 aromatic heterocycles. The van der Waals surface area contributed by atoms with Gasteiger partial charge in [0, 0.05) is 0 Å².